The molecule has 0 saturated heterocycles. The highest BCUT2D eigenvalue weighted by Gasteiger charge is 1.91. The van der Waals surface area contributed by atoms with Crippen LogP contribution in [0.25, 0.3) is 16.8 Å². The molecule has 0 amide bonds. The van der Waals surface area contributed by atoms with Crippen molar-refractivity contribution in [3.63, 3.8) is 0 Å². The largest absolute Gasteiger partial charge is 0.392 e. The van der Waals surface area contributed by atoms with E-state index in [0.29, 0.717) is 0 Å². The lowest BCUT2D eigenvalue weighted by atomic mass is 10.1. The van der Waals surface area contributed by atoms with Crippen LogP contribution in [0.5, 0.6) is 0 Å². The van der Waals surface area contributed by atoms with Crippen LogP contribution in [0.3, 0.4) is 0 Å². The average Bonchev–Trinajstić information content (AvgIpc) is 2.29. The first-order chi connectivity index (χ1) is 7.40. The van der Waals surface area contributed by atoms with Gasteiger partial charge in [-0.3, -0.25) is 0 Å². The zero-order valence-corrected chi connectivity index (χ0v) is 8.35. The maximum atomic E-state index is 8.58. The summed E-state index contributed by atoms with van der Waals surface area (Å²) in [6.45, 7) is 0.0318. The summed E-state index contributed by atoms with van der Waals surface area (Å²) in [5.41, 5.74) is 4.01. The molecule has 74 valence electrons. The Balaban J connectivity index is 2.43. The molecular weight excluding hydrogens is 184 g/mol. The molecule has 2 aromatic rings. The number of rotatable bonds is 2. The Morgan fingerprint density at radius 2 is 1.87 bits per heavy atom. The molecule has 1 nitrogen and oxygen atoms in total. The first-order valence-corrected chi connectivity index (χ1v) is 4.91. The molecule has 0 radical (unpaired) electrons. The monoisotopic (exact) mass is 196 g/mol. The van der Waals surface area contributed by atoms with Gasteiger partial charge in [-0.05, 0) is 34.6 Å². The molecule has 0 spiro atoms. The molecule has 0 aromatic heterocycles. The summed E-state index contributed by atoms with van der Waals surface area (Å²) < 4.78 is 0. The number of benzene rings is 2. The molecule has 0 aliphatic rings. The summed E-state index contributed by atoms with van der Waals surface area (Å²) in [5.74, 6) is 0. The number of fused-ring (bicyclic) bond motifs is 1. The highest BCUT2D eigenvalue weighted by molar-refractivity contribution is 5.84. The van der Waals surface area contributed by atoms with Crippen molar-refractivity contribution in [1.82, 2.24) is 0 Å². The summed E-state index contributed by atoms with van der Waals surface area (Å²) in [6, 6.07) is 14.5. The second-order valence-corrected chi connectivity index (χ2v) is 3.30. The molecule has 1 N–H and O–H groups in total. The standard InChI is InChI=1S/C14H12O/c15-10-4-3-5-12-8-9-13-6-1-2-7-14(13)11-12/h1-2,4-9,11,15H,10H2. The van der Waals surface area contributed by atoms with Crippen molar-refractivity contribution >= 4 is 16.8 Å². The SMILES string of the molecule is OCC=C=Cc1ccc2ccccc2c1. The topological polar surface area (TPSA) is 20.2 Å². The van der Waals surface area contributed by atoms with Gasteiger partial charge in [-0.2, -0.15) is 0 Å². The molecule has 0 aliphatic carbocycles. The van der Waals surface area contributed by atoms with Crippen LogP contribution in [0.15, 0.2) is 54.3 Å². The van der Waals surface area contributed by atoms with Crippen molar-refractivity contribution in [2.45, 2.75) is 0 Å². The first-order valence-electron chi connectivity index (χ1n) is 4.91. The van der Waals surface area contributed by atoms with E-state index < -0.39 is 0 Å². The van der Waals surface area contributed by atoms with Gasteiger partial charge in [0.15, 0.2) is 0 Å². The maximum Gasteiger partial charge on any atom is 0.0686 e. The van der Waals surface area contributed by atoms with Crippen molar-refractivity contribution in [1.29, 1.82) is 0 Å². The molecule has 0 fully saturated rings. The van der Waals surface area contributed by atoms with Crippen molar-refractivity contribution in [2.75, 3.05) is 6.61 Å². The van der Waals surface area contributed by atoms with Crippen LogP contribution in [0.4, 0.5) is 0 Å². The fourth-order valence-corrected chi connectivity index (χ4v) is 1.51. The minimum Gasteiger partial charge on any atom is -0.392 e. The van der Waals surface area contributed by atoms with E-state index in [4.69, 9.17) is 5.11 Å². The highest BCUT2D eigenvalue weighted by Crippen LogP contribution is 2.15. The van der Waals surface area contributed by atoms with E-state index in [2.05, 4.69) is 30.0 Å². The molecule has 0 saturated carbocycles. The van der Waals surface area contributed by atoms with Crippen molar-refractivity contribution in [3.8, 4) is 0 Å². The Kier molecular flexibility index (Phi) is 2.99. The summed E-state index contributed by atoms with van der Waals surface area (Å²) in [7, 11) is 0. The predicted molar refractivity (Wildman–Crippen MR) is 63.6 cm³/mol. The Labute approximate surface area is 89.0 Å². The lowest BCUT2D eigenvalue weighted by Crippen LogP contribution is -1.74. The van der Waals surface area contributed by atoms with Gasteiger partial charge in [0.1, 0.15) is 0 Å². The second kappa shape index (κ2) is 4.61. The first kappa shape index (κ1) is 9.72. The molecule has 2 rings (SSSR count). The third kappa shape index (κ3) is 2.35. The van der Waals surface area contributed by atoms with E-state index >= 15 is 0 Å². The second-order valence-electron chi connectivity index (χ2n) is 3.30. The zero-order valence-electron chi connectivity index (χ0n) is 8.35. The summed E-state index contributed by atoms with van der Waals surface area (Å²) in [5, 5.41) is 11.0. The third-order valence-electron chi connectivity index (χ3n) is 2.23. The zero-order chi connectivity index (χ0) is 10.5. The fraction of sp³-hybridized carbons (Fsp3) is 0.0714. The van der Waals surface area contributed by atoms with Crippen LogP contribution in [0.2, 0.25) is 0 Å². The van der Waals surface area contributed by atoms with Gasteiger partial charge >= 0.3 is 0 Å². The van der Waals surface area contributed by atoms with Crippen LogP contribution in [-0.2, 0) is 0 Å². The minimum atomic E-state index is 0.0318. The van der Waals surface area contributed by atoms with Gasteiger partial charge in [0, 0.05) is 0 Å². The van der Waals surface area contributed by atoms with Gasteiger partial charge in [0.2, 0.25) is 0 Å². The quantitative estimate of drug-likeness (QED) is 0.732. The van der Waals surface area contributed by atoms with E-state index in [1.807, 2.05) is 24.3 Å². The van der Waals surface area contributed by atoms with Crippen LogP contribution in [-0.4, -0.2) is 11.7 Å². The Hall–Kier alpha value is -1.82. The van der Waals surface area contributed by atoms with Gasteiger partial charge in [0.25, 0.3) is 0 Å². The number of hydrogen-bond donors (Lipinski definition) is 1. The number of hydrogen-bond acceptors (Lipinski definition) is 1. The van der Waals surface area contributed by atoms with Crippen molar-refractivity contribution in [2.24, 2.45) is 0 Å². The smallest absolute Gasteiger partial charge is 0.0686 e. The van der Waals surface area contributed by atoms with Gasteiger partial charge in [-0.25, -0.2) is 0 Å². The maximum absolute atomic E-state index is 8.58. The molecule has 0 bridgehead atoms. The van der Waals surface area contributed by atoms with Crippen LogP contribution >= 0.6 is 0 Å². The fourth-order valence-electron chi connectivity index (χ4n) is 1.51. The van der Waals surface area contributed by atoms with E-state index in [1.165, 1.54) is 10.8 Å². The molecule has 0 atom stereocenters. The van der Waals surface area contributed by atoms with E-state index in [9.17, 15) is 0 Å². The van der Waals surface area contributed by atoms with E-state index in [1.54, 1.807) is 6.08 Å². The Morgan fingerprint density at radius 1 is 1.07 bits per heavy atom. The molecule has 0 aliphatic heterocycles. The van der Waals surface area contributed by atoms with Gasteiger partial charge in [0.05, 0.1) is 6.61 Å². The molecule has 15 heavy (non-hydrogen) atoms. The van der Waals surface area contributed by atoms with Gasteiger partial charge < -0.3 is 5.11 Å². The van der Waals surface area contributed by atoms with Gasteiger partial charge in [-0.15, -0.1) is 5.73 Å². The molecular formula is C14H12O. The lowest BCUT2D eigenvalue weighted by Gasteiger charge is -1.97. The highest BCUT2D eigenvalue weighted by atomic mass is 16.2. The third-order valence-corrected chi connectivity index (χ3v) is 2.23. The lowest BCUT2D eigenvalue weighted by molar-refractivity contribution is 0.343. The number of aliphatic hydroxyl groups is 1. The molecule has 2 aromatic carbocycles. The summed E-state index contributed by atoms with van der Waals surface area (Å²) in [6.07, 6.45) is 3.46. The number of aliphatic hydroxyl groups excluding tert-OH is 1. The summed E-state index contributed by atoms with van der Waals surface area (Å²) in [4.78, 5) is 0. The Bertz CT molecular complexity index is 520. The minimum absolute atomic E-state index is 0.0318. The average molecular weight is 196 g/mol. The van der Waals surface area contributed by atoms with E-state index in [-0.39, 0.29) is 6.61 Å². The molecule has 0 heterocycles. The van der Waals surface area contributed by atoms with E-state index in [0.717, 1.165) is 5.56 Å². The molecule has 0 unspecified atom stereocenters. The van der Waals surface area contributed by atoms with Crippen LogP contribution < -0.4 is 0 Å². The van der Waals surface area contributed by atoms with Crippen molar-refractivity contribution < 1.29 is 5.11 Å². The van der Waals surface area contributed by atoms with Crippen LogP contribution in [0.1, 0.15) is 5.56 Å². The summed E-state index contributed by atoms with van der Waals surface area (Å²) >= 11 is 0. The van der Waals surface area contributed by atoms with Crippen LogP contribution in [0, 0.1) is 0 Å². The van der Waals surface area contributed by atoms with Gasteiger partial charge in [-0.1, -0.05) is 36.4 Å². The predicted octanol–water partition coefficient (Wildman–Crippen LogP) is 3.00. The molecule has 1 heteroatoms. The normalized spacial score (nSPS) is 9.67. The van der Waals surface area contributed by atoms with Crippen molar-refractivity contribution in [3.05, 3.63) is 59.8 Å². The Morgan fingerprint density at radius 3 is 2.67 bits per heavy atom.